The molecule has 0 bridgehead atoms. The number of likely N-dealkylation sites (N-methyl/N-ethyl adjacent to an activating group) is 1. The molecule has 0 fully saturated rings. The number of fused-ring (bicyclic) bond motifs is 1. The van der Waals surface area contributed by atoms with E-state index in [0.29, 0.717) is 22.4 Å². The van der Waals surface area contributed by atoms with Gasteiger partial charge in [0.25, 0.3) is 5.91 Å². The quantitative estimate of drug-likeness (QED) is 0.184. The van der Waals surface area contributed by atoms with Gasteiger partial charge in [-0.3, -0.25) is 9.78 Å². The number of ether oxygens (including phenoxy) is 5. The monoisotopic (exact) mass is 644 g/mol. The normalized spacial score (nSPS) is 11.1. The largest absolute Gasteiger partial charge is 0.496 e. The molecular formula is C31H31ClF2N4O7. The average molecular weight is 645 g/mol. The summed E-state index contributed by atoms with van der Waals surface area (Å²) in [6.45, 7) is 5.67. The molecule has 0 saturated heterocycles. The summed E-state index contributed by atoms with van der Waals surface area (Å²) in [4.78, 5) is 34.5. The zero-order valence-corrected chi connectivity index (χ0v) is 26.1. The standard InChI is InChI=1S/C31H31ClF2N4O7/c1-31(2,3)45-30(40)38(4)9-10-43-26-14-22-18(13-25(26)42-6)23(7-8-35-22)44-28-20(33)11-17(12-21(28)34)37-29(39)19-16-36-27(32)15-24(19)41-5/h7-8,11-16H,9-10H2,1-6H3,(H,37,39). The van der Waals surface area contributed by atoms with E-state index in [0.717, 1.165) is 12.1 Å². The fraction of sp³-hybridized carbons (Fsp3) is 0.290. The molecule has 4 aromatic rings. The summed E-state index contributed by atoms with van der Waals surface area (Å²) in [6.07, 6.45) is 2.10. The lowest BCUT2D eigenvalue weighted by Gasteiger charge is -2.24. The second-order valence-corrected chi connectivity index (χ2v) is 11.0. The van der Waals surface area contributed by atoms with E-state index in [-0.39, 0.29) is 41.1 Å². The first kappa shape index (κ1) is 33.0. The van der Waals surface area contributed by atoms with Gasteiger partial charge < -0.3 is 33.9 Å². The van der Waals surface area contributed by atoms with Gasteiger partial charge in [0.15, 0.2) is 28.9 Å². The Morgan fingerprint density at radius 1 is 0.956 bits per heavy atom. The molecule has 0 aliphatic heterocycles. The van der Waals surface area contributed by atoms with Gasteiger partial charge in [0.1, 0.15) is 34.4 Å². The van der Waals surface area contributed by atoms with E-state index in [4.69, 9.17) is 35.3 Å². The fourth-order valence-electron chi connectivity index (χ4n) is 4.00. The molecule has 14 heteroatoms. The third-order valence-corrected chi connectivity index (χ3v) is 6.35. The predicted octanol–water partition coefficient (Wildman–Crippen LogP) is 6.87. The molecule has 2 heterocycles. The Balaban J connectivity index is 1.52. The van der Waals surface area contributed by atoms with Crippen LogP contribution in [0.25, 0.3) is 10.9 Å². The minimum absolute atomic E-state index is 0.0126. The summed E-state index contributed by atoms with van der Waals surface area (Å²) in [5.74, 6) is -2.71. The minimum atomic E-state index is -1.07. The number of carbonyl (C=O) groups excluding carboxylic acids is 2. The Morgan fingerprint density at radius 2 is 1.64 bits per heavy atom. The van der Waals surface area contributed by atoms with Crippen molar-refractivity contribution in [1.82, 2.24) is 14.9 Å². The molecule has 0 spiro atoms. The number of aromatic nitrogens is 2. The molecule has 2 amide bonds. The van der Waals surface area contributed by atoms with Crippen LogP contribution in [-0.4, -0.2) is 66.9 Å². The van der Waals surface area contributed by atoms with Crippen molar-refractivity contribution in [3.8, 4) is 28.7 Å². The summed E-state index contributed by atoms with van der Waals surface area (Å²) in [7, 11) is 4.36. The number of methoxy groups -OCH3 is 2. The van der Waals surface area contributed by atoms with Crippen LogP contribution in [0, 0.1) is 11.6 Å². The van der Waals surface area contributed by atoms with Crippen LogP contribution >= 0.6 is 11.6 Å². The molecule has 1 N–H and O–H groups in total. The second kappa shape index (κ2) is 13.8. The third kappa shape index (κ3) is 8.18. The molecule has 2 aromatic heterocycles. The van der Waals surface area contributed by atoms with Gasteiger partial charge in [-0.05, 0) is 32.9 Å². The van der Waals surface area contributed by atoms with Gasteiger partial charge in [0, 0.05) is 54.8 Å². The van der Waals surface area contributed by atoms with Crippen LogP contribution in [0.5, 0.6) is 28.7 Å². The maximum absolute atomic E-state index is 15.1. The van der Waals surface area contributed by atoms with Crippen molar-refractivity contribution in [2.45, 2.75) is 26.4 Å². The number of anilines is 1. The van der Waals surface area contributed by atoms with Crippen LogP contribution in [0.15, 0.2) is 48.8 Å². The zero-order valence-electron chi connectivity index (χ0n) is 25.4. The number of benzene rings is 2. The summed E-state index contributed by atoms with van der Waals surface area (Å²) in [5.41, 5.74) is -0.398. The first-order chi connectivity index (χ1) is 21.3. The Bertz CT molecular complexity index is 1710. The maximum atomic E-state index is 15.1. The molecule has 0 unspecified atom stereocenters. The molecule has 238 valence electrons. The third-order valence-electron chi connectivity index (χ3n) is 6.14. The van der Waals surface area contributed by atoms with Crippen LogP contribution < -0.4 is 24.3 Å². The molecule has 4 rings (SSSR count). The van der Waals surface area contributed by atoms with Crippen LogP contribution in [0.1, 0.15) is 31.1 Å². The minimum Gasteiger partial charge on any atom is -0.496 e. The number of nitrogens with zero attached hydrogens (tertiary/aromatic N) is 3. The van der Waals surface area contributed by atoms with Gasteiger partial charge in [-0.15, -0.1) is 0 Å². The molecule has 0 radical (unpaired) electrons. The van der Waals surface area contributed by atoms with Gasteiger partial charge >= 0.3 is 6.09 Å². The van der Waals surface area contributed by atoms with Crippen molar-refractivity contribution in [2.24, 2.45) is 0 Å². The average Bonchev–Trinajstić information content (AvgIpc) is 2.97. The number of carbonyl (C=O) groups is 2. The number of pyridine rings is 2. The first-order valence-electron chi connectivity index (χ1n) is 13.5. The summed E-state index contributed by atoms with van der Waals surface area (Å²) in [6, 6.07) is 7.74. The molecule has 11 nitrogen and oxygen atoms in total. The number of halogens is 3. The van der Waals surface area contributed by atoms with Gasteiger partial charge in [-0.25, -0.2) is 18.6 Å². The number of hydrogen-bond acceptors (Lipinski definition) is 9. The van der Waals surface area contributed by atoms with Crippen molar-refractivity contribution in [2.75, 3.05) is 39.7 Å². The van der Waals surface area contributed by atoms with Gasteiger partial charge in [0.2, 0.25) is 0 Å². The number of amides is 2. The van der Waals surface area contributed by atoms with E-state index < -0.39 is 35.0 Å². The zero-order chi connectivity index (χ0) is 32.9. The van der Waals surface area contributed by atoms with E-state index in [9.17, 15) is 9.59 Å². The Labute approximate surface area is 263 Å². The SMILES string of the molecule is COc1cc2c(Oc3c(F)cc(NC(=O)c4cnc(Cl)cc4OC)cc3F)ccnc2cc1OCCN(C)C(=O)OC(C)(C)C. The van der Waals surface area contributed by atoms with E-state index >= 15 is 8.78 Å². The highest BCUT2D eigenvalue weighted by Gasteiger charge is 2.21. The predicted molar refractivity (Wildman–Crippen MR) is 163 cm³/mol. The molecule has 0 aliphatic carbocycles. The summed E-state index contributed by atoms with van der Waals surface area (Å²) >= 11 is 5.83. The van der Waals surface area contributed by atoms with Gasteiger partial charge in [-0.1, -0.05) is 11.6 Å². The molecule has 0 atom stereocenters. The first-order valence-corrected chi connectivity index (χ1v) is 13.9. The molecular weight excluding hydrogens is 614 g/mol. The molecule has 0 saturated carbocycles. The van der Waals surface area contributed by atoms with E-state index in [2.05, 4.69) is 15.3 Å². The highest BCUT2D eigenvalue weighted by atomic mass is 35.5. The van der Waals surface area contributed by atoms with Crippen molar-refractivity contribution < 1.29 is 42.1 Å². The van der Waals surface area contributed by atoms with Gasteiger partial charge in [0.05, 0.1) is 26.3 Å². The van der Waals surface area contributed by atoms with E-state index in [1.54, 1.807) is 40.0 Å². The molecule has 0 aliphatic rings. The number of rotatable bonds is 10. The highest BCUT2D eigenvalue weighted by molar-refractivity contribution is 6.29. The molecule has 2 aromatic carbocycles. The van der Waals surface area contributed by atoms with Gasteiger partial charge in [-0.2, -0.15) is 0 Å². The lowest BCUT2D eigenvalue weighted by molar-refractivity contribution is 0.0278. The van der Waals surface area contributed by atoms with E-state index in [1.165, 1.54) is 43.6 Å². The highest BCUT2D eigenvalue weighted by Crippen LogP contribution is 2.39. The van der Waals surface area contributed by atoms with Crippen molar-refractivity contribution in [3.63, 3.8) is 0 Å². The Morgan fingerprint density at radius 3 is 2.29 bits per heavy atom. The molecule has 45 heavy (non-hydrogen) atoms. The summed E-state index contributed by atoms with van der Waals surface area (Å²) < 4.78 is 57.7. The fourth-order valence-corrected chi connectivity index (χ4v) is 4.15. The lowest BCUT2D eigenvalue weighted by atomic mass is 10.1. The number of hydrogen-bond donors (Lipinski definition) is 1. The maximum Gasteiger partial charge on any atom is 0.410 e. The van der Waals surface area contributed by atoms with Crippen LogP contribution in [0.4, 0.5) is 19.3 Å². The lowest BCUT2D eigenvalue weighted by Crippen LogP contribution is -2.36. The Kier molecular flexibility index (Phi) is 10.1. The topological polar surface area (TPSA) is 121 Å². The van der Waals surface area contributed by atoms with Crippen molar-refractivity contribution in [1.29, 1.82) is 0 Å². The van der Waals surface area contributed by atoms with Crippen molar-refractivity contribution in [3.05, 3.63) is 71.1 Å². The summed E-state index contributed by atoms with van der Waals surface area (Å²) in [5, 5.41) is 2.90. The van der Waals surface area contributed by atoms with Crippen molar-refractivity contribution >= 4 is 40.2 Å². The second-order valence-electron chi connectivity index (χ2n) is 10.6. The van der Waals surface area contributed by atoms with Crippen LogP contribution in [0.2, 0.25) is 5.15 Å². The Hall–Kier alpha value is -4.91. The van der Waals surface area contributed by atoms with E-state index in [1.807, 2.05) is 0 Å². The smallest absolute Gasteiger partial charge is 0.410 e. The van der Waals surface area contributed by atoms with Crippen LogP contribution in [0.3, 0.4) is 0 Å². The number of nitrogens with one attached hydrogen (secondary N) is 1. The van der Waals surface area contributed by atoms with Crippen LogP contribution in [-0.2, 0) is 4.74 Å².